The maximum atomic E-state index is 13.1. The van der Waals surface area contributed by atoms with E-state index in [2.05, 4.69) is 40.2 Å². The SMILES string of the molecule is Cc1cn(-c2ccc(/C=C/c3nc(-c4ccc(F)cc4)[n+](C)[nH]3)cc2C)cn1. The van der Waals surface area contributed by atoms with Crippen LogP contribution in [0.2, 0.25) is 0 Å². The van der Waals surface area contributed by atoms with Gasteiger partial charge in [-0.1, -0.05) is 6.07 Å². The Hall–Kier alpha value is -3.54. The van der Waals surface area contributed by atoms with Gasteiger partial charge in [-0.2, -0.15) is 9.78 Å². The van der Waals surface area contributed by atoms with Crippen molar-refractivity contribution in [3.8, 4) is 17.1 Å². The minimum atomic E-state index is -0.258. The molecule has 4 rings (SSSR count). The molecule has 0 spiro atoms. The van der Waals surface area contributed by atoms with Gasteiger partial charge in [0.1, 0.15) is 12.9 Å². The van der Waals surface area contributed by atoms with Gasteiger partial charge in [-0.05, 0) is 72.4 Å². The van der Waals surface area contributed by atoms with Crippen molar-refractivity contribution in [1.29, 1.82) is 0 Å². The summed E-state index contributed by atoms with van der Waals surface area (Å²) in [6.07, 6.45) is 7.79. The van der Waals surface area contributed by atoms with Gasteiger partial charge in [-0.25, -0.2) is 9.37 Å². The summed E-state index contributed by atoms with van der Waals surface area (Å²) in [5.41, 5.74) is 5.21. The molecule has 1 N–H and O–H groups in total. The summed E-state index contributed by atoms with van der Waals surface area (Å²) in [4.78, 5) is 8.89. The molecule has 0 saturated carbocycles. The molecule has 5 nitrogen and oxygen atoms in total. The molecule has 0 fully saturated rings. The molecule has 0 aliphatic heterocycles. The Morgan fingerprint density at radius 2 is 1.86 bits per heavy atom. The fourth-order valence-corrected chi connectivity index (χ4v) is 3.17. The molecular weight excluding hydrogens is 353 g/mol. The molecule has 6 heteroatoms. The Kier molecular flexibility index (Phi) is 4.61. The van der Waals surface area contributed by atoms with E-state index in [1.165, 1.54) is 12.1 Å². The lowest BCUT2D eigenvalue weighted by atomic mass is 10.1. The molecule has 0 atom stereocenters. The van der Waals surface area contributed by atoms with Crippen LogP contribution >= 0.6 is 0 Å². The highest BCUT2D eigenvalue weighted by Crippen LogP contribution is 2.18. The third-order valence-electron chi connectivity index (χ3n) is 4.57. The molecule has 28 heavy (non-hydrogen) atoms. The quantitative estimate of drug-likeness (QED) is 0.549. The highest BCUT2D eigenvalue weighted by molar-refractivity contribution is 5.68. The van der Waals surface area contributed by atoms with Gasteiger partial charge in [0, 0.05) is 18.0 Å². The zero-order valence-corrected chi connectivity index (χ0v) is 16.0. The van der Waals surface area contributed by atoms with Crippen molar-refractivity contribution in [3.05, 3.63) is 83.5 Å². The van der Waals surface area contributed by atoms with Crippen molar-refractivity contribution >= 4 is 12.2 Å². The summed E-state index contributed by atoms with van der Waals surface area (Å²) in [6.45, 7) is 4.06. The number of hydrogen-bond donors (Lipinski definition) is 1. The van der Waals surface area contributed by atoms with E-state index in [9.17, 15) is 4.39 Å². The van der Waals surface area contributed by atoms with Crippen molar-refractivity contribution in [2.75, 3.05) is 0 Å². The first kappa shape index (κ1) is 17.9. The molecule has 4 aromatic rings. The zero-order chi connectivity index (χ0) is 19.7. The summed E-state index contributed by atoms with van der Waals surface area (Å²) in [7, 11) is 1.88. The lowest BCUT2D eigenvalue weighted by molar-refractivity contribution is -0.717. The second kappa shape index (κ2) is 7.23. The third-order valence-corrected chi connectivity index (χ3v) is 4.57. The van der Waals surface area contributed by atoms with E-state index in [1.807, 2.05) is 47.9 Å². The molecule has 0 aliphatic carbocycles. The van der Waals surface area contributed by atoms with Gasteiger partial charge in [-0.15, -0.1) is 0 Å². The first-order valence-electron chi connectivity index (χ1n) is 9.01. The van der Waals surface area contributed by atoms with Gasteiger partial charge in [0.25, 0.3) is 5.82 Å². The second-order valence-electron chi connectivity index (χ2n) is 6.80. The largest absolute Gasteiger partial charge is 0.351 e. The second-order valence-corrected chi connectivity index (χ2v) is 6.80. The molecule has 140 valence electrons. The summed E-state index contributed by atoms with van der Waals surface area (Å²) >= 11 is 0. The Morgan fingerprint density at radius 3 is 2.54 bits per heavy atom. The van der Waals surface area contributed by atoms with Crippen molar-refractivity contribution in [2.45, 2.75) is 13.8 Å². The number of halogens is 1. The summed E-state index contributed by atoms with van der Waals surface area (Å²) < 4.78 is 17.0. The third kappa shape index (κ3) is 3.62. The average molecular weight is 374 g/mol. The number of nitrogens with zero attached hydrogens (tertiary/aromatic N) is 4. The lowest BCUT2D eigenvalue weighted by Crippen LogP contribution is -2.32. The molecule has 2 heterocycles. The number of aromatic nitrogens is 5. The molecular formula is C22H21FN5+. The van der Waals surface area contributed by atoms with Crippen LogP contribution in [-0.4, -0.2) is 19.6 Å². The van der Waals surface area contributed by atoms with Crippen molar-refractivity contribution < 1.29 is 9.07 Å². The van der Waals surface area contributed by atoms with Crippen LogP contribution in [0.1, 0.15) is 22.6 Å². The molecule has 0 saturated heterocycles. The van der Waals surface area contributed by atoms with E-state index in [0.29, 0.717) is 0 Å². The summed E-state index contributed by atoms with van der Waals surface area (Å²) in [5, 5.41) is 3.20. The van der Waals surface area contributed by atoms with E-state index in [1.54, 1.807) is 12.1 Å². The topological polar surface area (TPSA) is 50.4 Å². The van der Waals surface area contributed by atoms with Crippen LogP contribution in [0.25, 0.3) is 29.2 Å². The number of benzene rings is 2. The maximum absolute atomic E-state index is 13.1. The van der Waals surface area contributed by atoms with Crippen LogP contribution in [0.5, 0.6) is 0 Å². The monoisotopic (exact) mass is 374 g/mol. The molecule has 0 bridgehead atoms. The van der Waals surface area contributed by atoms with E-state index in [-0.39, 0.29) is 5.82 Å². The van der Waals surface area contributed by atoms with E-state index in [0.717, 1.165) is 39.7 Å². The molecule has 0 aliphatic rings. The number of H-pyrrole nitrogens is 1. The molecule has 2 aromatic heterocycles. The summed E-state index contributed by atoms with van der Waals surface area (Å²) in [5.74, 6) is 1.22. The van der Waals surface area contributed by atoms with Crippen LogP contribution < -0.4 is 4.68 Å². The standard InChI is InChI=1S/C22H20FN5/c1-15-12-17(4-10-20(15)28-13-16(2)24-14-28)5-11-21-25-22(27(3)26-21)18-6-8-19(23)9-7-18/h4-14H,1-3H3/p+1/b11-5+. The fraction of sp³-hybridized carbons (Fsp3) is 0.136. The first-order chi connectivity index (χ1) is 13.5. The minimum absolute atomic E-state index is 0.258. The van der Waals surface area contributed by atoms with Gasteiger partial charge in [0.05, 0.1) is 17.6 Å². The number of hydrogen-bond acceptors (Lipinski definition) is 2. The molecule has 0 amide bonds. The fourth-order valence-electron chi connectivity index (χ4n) is 3.17. The van der Waals surface area contributed by atoms with Gasteiger partial charge in [0.2, 0.25) is 0 Å². The first-order valence-corrected chi connectivity index (χ1v) is 9.01. The Balaban J connectivity index is 1.57. The van der Waals surface area contributed by atoms with Crippen molar-refractivity contribution in [1.82, 2.24) is 19.6 Å². The smallest absolute Gasteiger partial charge is 0.306 e. The van der Waals surface area contributed by atoms with Crippen molar-refractivity contribution in [3.63, 3.8) is 0 Å². The molecule has 0 unspecified atom stereocenters. The van der Waals surface area contributed by atoms with Crippen LogP contribution in [0, 0.1) is 19.7 Å². The predicted octanol–water partition coefficient (Wildman–Crippen LogP) is 4.01. The van der Waals surface area contributed by atoms with Crippen LogP contribution in [0.3, 0.4) is 0 Å². The Labute approximate surface area is 162 Å². The maximum Gasteiger partial charge on any atom is 0.351 e. The van der Waals surface area contributed by atoms with Gasteiger partial charge < -0.3 is 4.57 Å². The number of rotatable bonds is 4. The normalized spacial score (nSPS) is 11.4. The van der Waals surface area contributed by atoms with Crippen LogP contribution in [0.15, 0.2) is 55.0 Å². The van der Waals surface area contributed by atoms with Gasteiger partial charge in [-0.3, -0.25) is 0 Å². The summed E-state index contributed by atoms with van der Waals surface area (Å²) in [6, 6.07) is 12.6. The van der Waals surface area contributed by atoms with Gasteiger partial charge >= 0.3 is 5.82 Å². The van der Waals surface area contributed by atoms with E-state index < -0.39 is 0 Å². The number of imidazole rings is 1. The lowest BCUT2D eigenvalue weighted by Gasteiger charge is -2.07. The number of nitrogens with one attached hydrogen (secondary N) is 1. The molecule has 2 aromatic carbocycles. The Morgan fingerprint density at radius 1 is 1.07 bits per heavy atom. The van der Waals surface area contributed by atoms with E-state index in [4.69, 9.17) is 0 Å². The van der Waals surface area contributed by atoms with E-state index >= 15 is 0 Å². The minimum Gasteiger partial charge on any atom is -0.306 e. The Bertz CT molecular complexity index is 1150. The van der Waals surface area contributed by atoms with Crippen LogP contribution in [-0.2, 0) is 7.05 Å². The molecule has 0 radical (unpaired) electrons. The average Bonchev–Trinajstić information content (AvgIpc) is 3.26. The van der Waals surface area contributed by atoms with Crippen molar-refractivity contribution in [2.24, 2.45) is 7.05 Å². The highest BCUT2D eigenvalue weighted by Gasteiger charge is 2.17. The highest BCUT2D eigenvalue weighted by atomic mass is 19.1. The van der Waals surface area contributed by atoms with Crippen LogP contribution in [0.4, 0.5) is 4.39 Å². The number of aromatic amines is 1. The van der Waals surface area contributed by atoms with Gasteiger partial charge in [0.15, 0.2) is 0 Å². The number of aryl methyl sites for hydroxylation is 3. The predicted molar refractivity (Wildman–Crippen MR) is 107 cm³/mol. The zero-order valence-electron chi connectivity index (χ0n) is 16.0.